The largest absolute Gasteiger partial charge is 0.313 e. The molecule has 188 valence electrons. The van der Waals surface area contributed by atoms with Gasteiger partial charge in [-0.1, -0.05) is 43.7 Å². The number of aromatic nitrogens is 3. The number of benzene rings is 1. The summed E-state index contributed by atoms with van der Waals surface area (Å²) in [6.07, 6.45) is 11.0. The fourth-order valence-corrected chi connectivity index (χ4v) is 4.83. The third kappa shape index (κ3) is 4.97. The number of likely N-dealkylation sites (N-methyl/N-ethyl adjacent to an activating group) is 1. The second-order valence-electron chi connectivity index (χ2n) is 8.84. The molecule has 0 spiro atoms. The zero-order valence-corrected chi connectivity index (χ0v) is 21.5. The van der Waals surface area contributed by atoms with Gasteiger partial charge in [0.05, 0.1) is 17.6 Å². The lowest BCUT2D eigenvalue weighted by Crippen LogP contribution is -2.33. The number of allylic oxidation sites excluding steroid dienone is 1. The summed E-state index contributed by atoms with van der Waals surface area (Å²) in [7, 11) is 0. The van der Waals surface area contributed by atoms with Crippen LogP contribution in [0.3, 0.4) is 0 Å². The number of halogens is 2. The molecule has 1 aliphatic heterocycles. The lowest BCUT2D eigenvalue weighted by atomic mass is 9.98. The second-order valence-corrected chi connectivity index (χ2v) is 9.28. The van der Waals surface area contributed by atoms with Crippen LogP contribution in [-0.4, -0.2) is 45.6 Å². The van der Waals surface area contributed by atoms with Gasteiger partial charge in [-0.3, -0.25) is 14.8 Å². The average molecular weight is 516 g/mol. The first-order chi connectivity index (χ1) is 18.0. The van der Waals surface area contributed by atoms with Gasteiger partial charge < -0.3 is 9.47 Å². The molecule has 0 amide bonds. The van der Waals surface area contributed by atoms with E-state index in [0.717, 1.165) is 41.4 Å². The van der Waals surface area contributed by atoms with E-state index < -0.39 is 5.82 Å². The summed E-state index contributed by atoms with van der Waals surface area (Å²) < 4.78 is 16.7. The molecular formula is C29H27ClFN5O. The average Bonchev–Trinajstić information content (AvgIpc) is 3.17. The van der Waals surface area contributed by atoms with Gasteiger partial charge in [0.2, 0.25) is 0 Å². The molecule has 0 radical (unpaired) electrons. The Hall–Kier alpha value is -3.68. The van der Waals surface area contributed by atoms with Gasteiger partial charge in [0, 0.05) is 53.0 Å². The quantitative estimate of drug-likeness (QED) is 0.369. The van der Waals surface area contributed by atoms with Gasteiger partial charge in [0.25, 0.3) is 5.56 Å². The van der Waals surface area contributed by atoms with Crippen molar-refractivity contribution in [3.8, 4) is 22.4 Å². The first kappa shape index (κ1) is 25.0. The van der Waals surface area contributed by atoms with E-state index in [4.69, 9.17) is 16.6 Å². The fourth-order valence-electron chi connectivity index (χ4n) is 4.65. The Kier molecular flexibility index (Phi) is 7.26. The summed E-state index contributed by atoms with van der Waals surface area (Å²) in [5.74, 6) is -0.420. The van der Waals surface area contributed by atoms with Gasteiger partial charge in [0.15, 0.2) is 5.49 Å². The Morgan fingerprint density at radius 1 is 1.08 bits per heavy atom. The number of pyridine rings is 3. The Balaban J connectivity index is 1.81. The van der Waals surface area contributed by atoms with E-state index in [9.17, 15) is 9.18 Å². The van der Waals surface area contributed by atoms with Crippen LogP contribution in [0.15, 0.2) is 70.9 Å². The van der Waals surface area contributed by atoms with Gasteiger partial charge >= 0.3 is 0 Å². The minimum atomic E-state index is -0.420. The Bertz CT molecular complexity index is 1690. The molecule has 37 heavy (non-hydrogen) atoms. The van der Waals surface area contributed by atoms with E-state index in [1.165, 1.54) is 12.1 Å². The molecule has 6 nitrogen and oxygen atoms in total. The summed E-state index contributed by atoms with van der Waals surface area (Å²) >= 11 is 6.21. The second kappa shape index (κ2) is 10.7. The summed E-state index contributed by atoms with van der Waals surface area (Å²) in [6.45, 7) is 7.77. The van der Waals surface area contributed by atoms with Crippen molar-refractivity contribution >= 4 is 28.4 Å². The van der Waals surface area contributed by atoms with E-state index in [2.05, 4.69) is 28.7 Å². The zero-order valence-electron chi connectivity index (χ0n) is 20.8. The molecule has 0 N–H and O–H groups in total. The Morgan fingerprint density at radius 3 is 2.73 bits per heavy atom. The fraction of sp³-hybridized carbons (Fsp3) is 0.241. The minimum absolute atomic E-state index is 0.0891. The van der Waals surface area contributed by atoms with Crippen molar-refractivity contribution < 1.29 is 4.39 Å². The Morgan fingerprint density at radius 2 is 1.92 bits per heavy atom. The third-order valence-corrected chi connectivity index (χ3v) is 6.95. The number of fused-ring (bicyclic) bond motifs is 2. The predicted molar refractivity (Wildman–Crippen MR) is 147 cm³/mol. The van der Waals surface area contributed by atoms with Crippen molar-refractivity contribution in [2.45, 2.75) is 20.4 Å². The molecule has 0 aliphatic carbocycles. The monoisotopic (exact) mass is 515 g/mol. The van der Waals surface area contributed by atoms with Gasteiger partial charge in [-0.05, 0) is 54.4 Å². The smallest absolute Gasteiger partial charge is 0.260 e. The summed E-state index contributed by atoms with van der Waals surface area (Å²) in [6, 6.07) is 8.12. The predicted octanol–water partition coefficient (Wildman–Crippen LogP) is 4.23. The highest BCUT2D eigenvalue weighted by atomic mass is 35.5. The summed E-state index contributed by atoms with van der Waals surface area (Å²) in [5, 5.41) is 2.53. The van der Waals surface area contributed by atoms with Crippen LogP contribution in [0, 0.1) is 5.82 Å². The highest BCUT2D eigenvalue weighted by Gasteiger charge is 2.17. The normalized spacial score (nSPS) is 12.8. The first-order valence-electron chi connectivity index (χ1n) is 12.4. The van der Waals surface area contributed by atoms with E-state index in [1.54, 1.807) is 23.0 Å². The van der Waals surface area contributed by atoms with Crippen molar-refractivity contribution in [3.63, 3.8) is 0 Å². The molecule has 0 fully saturated rings. The van der Waals surface area contributed by atoms with Gasteiger partial charge in [-0.2, -0.15) is 0 Å². The van der Waals surface area contributed by atoms with Crippen molar-refractivity contribution in [3.05, 3.63) is 93.0 Å². The topological polar surface area (TPSA) is 63.4 Å². The van der Waals surface area contributed by atoms with E-state index in [1.807, 2.05) is 36.6 Å². The molecular weight excluding hydrogens is 489 g/mol. The van der Waals surface area contributed by atoms with Gasteiger partial charge in [0.1, 0.15) is 5.82 Å². The molecule has 3 aromatic heterocycles. The molecule has 0 unspecified atom stereocenters. The van der Waals surface area contributed by atoms with Crippen LogP contribution >= 0.6 is 11.6 Å². The molecule has 1 aliphatic rings. The van der Waals surface area contributed by atoms with Gasteiger partial charge in [-0.25, -0.2) is 9.37 Å². The molecule has 4 aromatic rings. The maximum atomic E-state index is 14.9. The Labute approximate surface area is 219 Å². The number of hydrogen-bond acceptors (Lipinski definition) is 5. The number of rotatable bonds is 7. The molecule has 1 aromatic carbocycles. The summed E-state index contributed by atoms with van der Waals surface area (Å²) in [4.78, 5) is 29.3. The molecule has 0 bridgehead atoms. The van der Waals surface area contributed by atoms with E-state index in [-0.39, 0.29) is 5.56 Å². The highest BCUT2D eigenvalue weighted by molar-refractivity contribution is 6.30. The van der Waals surface area contributed by atoms with Crippen LogP contribution in [0.25, 0.3) is 39.2 Å². The van der Waals surface area contributed by atoms with Crippen molar-refractivity contribution in [1.82, 2.24) is 19.4 Å². The molecule has 5 rings (SSSR count). The highest BCUT2D eigenvalue weighted by Crippen LogP contribution is 2.29. The maximum absolute atomic E-state index is 14.9. The van der Waals surface area contributed by atoms with Crippen molar-refractivity contribution in [2.24, 2.45) is 4.99 Å². The van der Waals surface area contributed by atoms with Crippen LogP contribution in [0.1, 0.15) is 13.8 Å². The first-order valence-corrected chi connectivity index (χ1v) is 12.8. The van der Waals surface area contributed by atoms with Crippen LogP contribution in [0.2, 0.25) is 5.02 Å². The van der Waals surface area contributed by atoms with Crippen molar-refractivity contribution in [1.29, 1.82) is 0 Å². The van der Waals surface area contributed by atoms with Crippen LogP contribution < -0.4 is 16.3 Å². The molecule has 8 heteroatoms. The summed E-state index contributed by atoms with van der Waals surface area (Å²) in [5.41, 5.74) is 2.79. The number of nitrogens with zero attached hydrogens (tertiary/aromatic N) is 5. The standard InChI is InChI=1S/C29H27ClFN5O/c1-3-35(4-2)13-14-36-18-25(20-10-12-32-17-24(20)29(36)37)22-16-27(23-15-19(30)8-9-26(23)31)34-28-21(22)7-5-6-11-33-28/h5-10,12,15-18H,3-4,11,13-14H2,1-2H3. The zero-order chi connectivity index (χ0) is 25.9. The molecule has 4 heterocycles. The van der Waals surface area contributed by atoms with Crippen LogP contribution in [0.5, 0.6) is 0 Å². The van der Waals surface area contributed by atoms with Crippen LogP contribution in [0.4, 0.5) is 4.39 Å². The molecule has 0 atom stereocenters. The van der Waals surface area contributed by atoms with Gasteiger partial charge in [-0.15, -0.1) is 0 Å². The van der Waals surface area contributed by atoms with E-state index >= 15 is 0 Å². The maximum Gasteiger partial charge on any atom is 0.260 e. The van der Waals surface area contributed by atoms with Crippen LogP contribution in [-0.2, 0) is 6.54 Å². The minimum Gasteiger partial charge on any atom is -0.313 e. The lowest BCUT2D eigenvalue weighted by molar-refractivity contribution is 0.289. The lowest BCUT2D eigenvalue weighted by Gasteiger charge is -2.19. The SMILES string of the molecule is CCN(CC)CCn1cc(-c2cc(-c3cc(Cl)ccc3F)nc3c2=CC=CCN=3)c2ccncc2c1=O. The molecule has 0 saturated heterocycles. The number of hydrogen-bond donors (Lipinski definition) is 0. The van der Waals surface area contributed by atoms with E-state index in [0.29, 0.717) is 40.2 Å². The molecule has 0 saturated carbocycles. The third-order valence-electron chi connectivity index (χ3n) is 6.72. The van der Waals surface area contributed by atoms with Crippen molar-refractivity contribution in [2.75, 3.05) is 26.2 Å².